The van der Waals surface area contributed by atoms with E-state index in [0.29, 0.717) is 0 Å². The molecule has 0 amide bonds. The molecule has 40 heavy (non-hydrogen) atoms. The van der Waals surface area contributed by atoms with Crippen LogP contribution in [0.1, 0.15) is 166 Å². The van der Waals surface area contributed by atoms with Crippen molar-refractivity contribution in [3.63, 3.8) is 0 Å². The van der Waals surface area contributed by atoms with Gasteiger partial charge in [-0.3, -0.25) is 0 Å². The maximum Gasteiger partial charge on any atom is 0.171 e. The van der Waals surface area contributed by atoms with Gasteiger partial charge in [-0.15, -0.1) is 5.57 Å². The Morgan fingerprint density at radius 3 is 1.65 bits per heavy atom. The summed E-state index contributed by atoms with van der Waals surface area (Å²) in [5.74, 6) is 0. The van der Waals surface area contributed by atoms with E-state index in [2.05, 4.69) is 52.3 Å². The lowest BCUT2D eigenvalue weighted by Gasteiger charge is -2.32. The van der Waals surface area contributed by atoms with Crippen molar-refractivity contribution >= 4 is 0 Å². The summed E-state index contributed by atoms with van der Waals surface area (Å²) >= 11 is 0. The number of allylic oxidation sites excluding steroid dienone is 2. The van der Waals surface area contributed by atoms with Gasteiger partial charge in [0.1, 0.15) is 6.54 Å². The highest BCUT2D eigenvalue weighted by molar-refractivity contribution is 5.16. The second-order valence-electron chi connectivity index (χ2n) is 13.0. The number of pyridine rings is 1. The van der Waals surface area contributed by atoms with Crippen molar-refractivity contribution in [2.75, 3.05) is 13.1 Å². The van der Waals surface area contributed by atoms with Crippen molar-refractivity contribution < 1.29 is 4.57 Å². The van der Waals surface area contributed by atoms with E-state index in [0.717, 1.165) is 6.54 Å². The third-order valence-corrected chi connectivity index (χ3v) is 9.20. The zero-order chi connectivity index (χ0) is 27.8. The van der Waals surface area contributed by atoms with Gasteiger partial charge in [0.2, 0.25) is 0 Å². The summed E-state index contributed by atoms with van der Waals surface area (Å²) in [7, 11) is 0. The molecule has 0 radical (unpaired) electrons. The third-order valence-electron chi connectivity index (χ3n) is 9.20. The molecule has 0 fully saturated rings. The van der Waals surface area contributed by atoms with Crippen LogP contribution in [0, 0.1) is 6.20 Å². The zero-order valence-corrected chi connectivity index (χ0v) is 26.4. The summed E-state index contributed by atoms with van der Waals surface area (Å²) in [5, 5.41) is 0. The highest BCUT2D eigenvalue weighted by atomic mass is 15.1. The second kappa shape index (κ2) is 23.0. The van der Waals surface area contributed by atoms with E-state index >= 15 is 0 Å². The molecule has 2 nitrogen and oxygen atoms in total. The fourth-order valence-electron chi connectivity index (χ4n) is 6.59. The van der Waals surface area contributed by atoms with Gasteiger partial charge in [-0.25, -0.2) is 16.7 Å². The minimum absolute atomic E-state index is 1.13. The number of hydrogen-bond donors (Lipinski definition) is 0. The van der Waals surface area contributed by atoms with E-state index < -0.39 is 0 Å². The quantitative estimate of drug-likeness (QED) is 0.231. The molecule has 4 bridgehead atoms. The van der Waals surface area contributed by atoms with Crippen LogP contribution in [0.2, 0.25) is 0 Å². The Labute approximate surface area is 249 Å². The van der Waals surface area contributed by atoms with E-state index in [4.69, 9.17) is 0 Å². The number of rotatable bonds is 0. The molecule has 3 heterocycles. The number of fused-ring (bicyclic) bond motifs is 4. The number of aromatic nitrogens is 1. The highest BCUT2D eigenvalue weighted by Crippen LogP contribution is 2.18. The third kappa shape index (κ3) is 16.6. The molecule has 2 aliphatic rings. The Morgan fingerprint density at radius 1 is 0.550 bits per heavy atom. The van der Waals surface area contributed by atoms with Gasteiger partial charge in [-0.1, -0.05) is 128 Å². The van der Waals surface area contributed by atoms with E-state index in [1.165, 1.54) is 186 Å². The Hall–Kier alpha value is -1.57. The monoisotopic (exact) mass is 549 g/mol. The molecule has 2 aliphatic heterocycles. The Bertz CT molecular complexity index is 794. The Kier molecular flexibility index (Phi) is 19.0. The lowest BCUT2D eigenvalue weighted by molar-refractivity contribution is -0.697. The SMILES string of the molecule is [C-]1=CC=C2CCCCCCCCCCCCCC[n+]3cccc(c3)CCCCCCCCCCCCCCN1C2. The normalized spacial score (nSPS) is 22.1. The van der Waals surface area contributed by atoms with Gasteiger partial charge in [-0.05, 0) is 44.7 Å². The van der Waals surface area contributed by atoms with Crippen molar-refractivity contribution in [1.29, 1.82) is 0 Å². The van der Waals surface area contributed by atoms with E-state index in [1.54, 1.807) is 5.57 Å². The van der Waals surface area contributed by atoms with Gasteiger partial charge < -0.3 is 4.90 Å². The zero-order valence-electron chi connectivity index (χ0n) is 26.4. The average molecular weight is 549 g/mol. The molecule has 1 aromatic rings. The molecule has 3 rings (SSSR count). The summed E-state index contributed by atoms with van der Waals surface area (Å²) in [6, 6.07) is 4.60. The molecule has 0 N–H and O–H groups in total. The van der Waals surface area contributed by atoms with Gasteiger partial charge >= 0.3 is 0 Å². The van der Waals surface area contributed by atoms with E-state index in [1.807, 2.05) is 0 Å². The first-order chi connectivity index (χ1) is 19.9. The first-order valence-electron chi connectivity index (χ1n) is 17.9. The largest absolute Gasteiger partial charge is 0.462 e. The molecule has 0 unspecified atom stereocenters. The van der Waals surface area contributed by atoms with Crippen LogP contribution < -0.4 is 4.57 Å². The molecule has 226 valence electrons. The summed E-state index contributed by atoms with van der Waals surface area (Å²) in [6.45, 7) is 3.51. The molecule has 0 aliphatic carbocycles. The minimum Gasteiger partial charge on any atom is -0.462 e. The van der Waals surface area contributed by atoms with Gasteiger partial charge in [0.05, 0.1) is 0 Å². The molecule has 0 spiro atoms. The molecule has 1 aromatic heterocycles. The standard InChI is InChI=1S/C38H64N2/c1-3-7-11-15-19-23-31-39-33-26-30-38(36-39)28-22-18-14-10-6-2-4-8-12-16-20-24-32-40-34-25-29-37(35-40)27-21-17-13-9-5-1/h25-26,29-30,33,36H,1-24,27-28,31-32,35H2. The molecule has 0 saturated heterocycles. The Balaban J connectivity index is 1.30. The summed E-state index contributed by atoms with van der Waals surface area (Å²) in [5.41, 5.74) is 3.16. The summed E-state index contributed by atoms with van der Waals surface area (Å²) in [4.78, 5) is 2.44. The van der Waals surface area contributed by atoms with Crippen LogP contribution >= 0.6 is 0 Å². The van der Waals surface area contributed by atoms with Crippen LogP contribution in [0.3, 0.4) is 0 Å². The van der Waals surface area contributed by atoms with Crippen molar-refractivity contribution in [2.45, 2.75) is 173 Å². The Morgan fingerprint density at radius 2 is 1.05 bits per heavy atom. The van der Waals surface area contributed by atoms with Gasteiger partial charge in [0, 0.05) is 24.6 Å². The number of nitrogens with zero attached hydrogens (tertiary/aromatic N) is 2. The minimum atomic E-state index is 1.13. The lowest BCUT2D eigenvalue weighted by atomic mass is 10.0. The predicted molar refractivity (Wildman–Crippen MR) is 173 cm³/mol. The predicted octanol–water partition coefficient (Wildman–Crippen LogP) is 10.8. The topological polar surface area (TPSA) is 7.12 Å². The highest BCUT2D eigenvalue weighted by Gasteiger charge is 2.05. The summed E-state index contributed by atoms with van der Waals surface area (Å²) in [6.07, 6.45) is 49.2. The van der Waals surface area contributed by atoms with Crippen molar-refractivity contribution in [3.8, 4) is 0 Å². The maximum atomic E-state index is 3.48. The van der Waals surface area contributed by atoms with E-state index in [9.17, 15) is 0 Å². The van der Waals surface area contributed by atoms with Crippen LogP contribution in [-0.4, -0.2) is 18.0 Å². The average Bonchev–Trinajstić information content (AvgIpc) is 2.97. The smallest absolute Gasteiger partial charge is 0.171 e. The van der Waals surface area contributed by atoms with Gasteiger partial charge in [0.25, 0.3) is 0 Å². The van der Waals surface area contributed by atoms with Crippen LogP contribution in [-0.2, 0) is 13.0 Å². The van der Waals surface area contributed by atoms with Crippen LogP contribution in [0.25, 0.3) is 0 Å². The molecule has 0 saturated carbocycles. The van der Waals surface area contributed by atoms with Gasteiger partial charge in [-0.2, -0.15) is 6.20 Å². The fraction of sp³-hybridized carbons (Fsp3) is 0.763. The maximum absolute atomic E-state index is 3.48. The van der Waals surface area contributed by atoms with Crippen LogP contribution in [0.4, 0.5) is 0 Å². The molecular weight excluding hydrogens is 484 g/mol. The molecular formula is C38H64N2. The lowest BCUT2D eigenvalue weighted by Crippen LogP contribution is -2.33. The van der Waals surface area contributed by atoms with Crippen molar-refractivity contribution in [2.24, 2.45) is 0 Å². The fourth-order valence-corrected chi connectivity index (χ4v) is 6.59. The van der Waals surface area contributed by atoms with Crippen LogP contribution in [0.15, 0.2) is 42.3 Å². The second-order valence-corrected chi connectivity index (χ2v) is 13.0. The molecule has 0 atom stereocenters. The van der Waals surface area contributed by atoms with Crippen molar-refractivity contribution in [3.05, 3.63) is 54.0 Å². The number of aryl methyl sites for hydroxylation is 2. The molecule has 0 aromatic carbocycles. The van der Waals surface area contributed by atoms with Gasteiger partial charge in [0.15, 0.2) is 12.4 Å². The van der Waals surface area contributed by atoms with Crippen LogP contribution in [0.5, 0.6) is 0 Å². The first-order valence-corrected chi connectivity index (χ1v) is 17.9. The van der Waals surface area contributed by atoms with Crippen molar-refractivity contribution in [1.82, 2.24) is 4.90 Å². The summed E-state index contributed by atoms with van der Waals surface area (Å²) < 4.78 is 2.44. The first kappa shape index (κ1) is 32.9. The van der Waals surface area contributed by atoms with E-state index in [-0.39, 0.29) is 0 Å². The number of hydrogen-bond acceptors (Lipinski definition) is 1. The molecule has 2 heteroatoms.